The highest BCUT2D eigenvalue weighted by molar-refractivity contribution is 14.1. The molecule has 0 bridgehead atoms. The first-order valence-electron chi connectivity index (χ1n) is 12.7. The second-order valence-electron chi connectivity index (χ2n) is 9.01. The molecule has 3 amide bonds. The van der Waals surface area contributed by atoms with Gasteiger partial charge < -0.3 is 14.8 Å². The minimum atomic E-state index is -0.571. The highest BCUT2D eigenvalue weighted by atomic mass is 127. The van der Waals surface area contributed by atoms with Gasteiger partial charge in [-0.3, -0.25) is 19.3 Å². The fourth-order valence-corrected chi connectivity index (χ4v) is 5.93. The number of carbonyl (C=O) groups is 3. The molecule has 41 heavy (non-hydrogen) atoms. The summed E-state index contributed by atoms with van der Waals surface area (Å²) in [5.74, 6) is -0.475. The molecule has 1 N–H and O–H groups in total. The van der Waals surface area contributed by atoms with Crippen molar-refractivity contribution in [3.05, 3.63) is 104 Å². The molecule has 0 unspecified atom stereocenters. The van der Waals surface area contributed by atoms with Gasteiger partial charge in [0.25, 0.3) is 11.1 Å². The van der Waals surface area contributed by atoms with E-state index in [1.54, 1.807) is 12.1 Å². The lowest BCUT2D eigenvalue weighted by molar-refractivity contribution is -0.127. The van der Waals surface area contributed by atoms with Crippen molar-refractivity contribution >= 4 is 73.9 Å². The fourth-order valence-electron chi connectivity index (χ4n) is 4.31. The summed E-state index contributed by atoms with van der Waals surface area (Å²) in [6, 6.07) is 23.0. The normalized spacial score (nSPS) is 14.1. The van der Waals surface area contributed by atoms with E-state index in [4.69, 9.17) is 9.47 Å². The SMILES string of the molecule is CCOc1cc(/C=C2\SC(=O)N(CC(=O)Nc3ccc(F)cc3)C2=O)cc(I)c1OCc1cccc2ccccc12. The van der Waals surface area contributed by atoms with Crippen LogP contribution in [-0.4, -0.2) is 35.1 Å². The second-order valence-corrected chi connectivity index (χ2v) is 11.2. The number of amides is 3. The molecular weight excluding hydrogens is 658 g/mol. The minimum Gasteiger partial charge on any atom is -0.490 e. The van der Waals surface area contributed by atoms with Crippen LogP contribution in [0.15, 0.2) is 83.8 Å². The lowest BCUT2D eigenvalue weighted by Gasteiger charge is -2.16. The lowest BCUT2D eigenvalue weighted by atomic mass is 10.1. The Labute approximate surface area is 253 Å². The zero-order valence-corrected chi connectivity index (χ0v) is 24.8. The number of nitrogens with zero attached hydrogens (tertiary/aromatic N) is 1. The van der Waals surface area contributed by atoms with E-state index in [2.05, 4.69) is 46.1 Å². The maximum atomic E-state index is 13.1. The smallest absolute Gasteiger partial charge is 0.294 e. The average Bonchev–Trinajstić information content (AvgIpc) is 3.21. The minimum absolute atomic E-state index is 0.187. The third kappa shape index (κ3) is 6.71. The third-order valence-electron chi connectivity index (χ3n) is 6.18. The molecule has 0 saturated carbocycles. The van der Waals surface area contributed by atoms with Crippen LogP contribution in [0.25, 0.3) is 16.8 Å². The molecule has 10 heteroatoms. The number of thioether (sulfide) groups is 1. The van der Waals surface area contributed by atoms with Gasteiger partial charge in [-0.15, -0.1) is 0 Å². The quantitative estimate of drug-likeness (QED) is 0.148. The van der Waals surface area contributed by atoms with Crippen molar-refractivity contribution in [3.8, 4) is 11.5 Å². The number of hydrogen-bond acceptors (Lipinski definition) is 6. The van der Waals surface area contributed by atoms with E-state index in [1.807, 2.05) is 37.3 Å². The first-order valence-corrected chi connectivity index (χ1v) is 14.6. The highest BCUT2D eigenvalue weighted by Gasteiger charge is 2.36. The number of benzene rings is 4. The molecule has 208 valence electrons. The van der Waals surface area contributed by atoms with Gasteiger partial charge in [0.1, 0.15) is 19.0 Å². The highest BCUT2D eigenvalue weighted by Crippen LogP contribution is 2.38. The number of halogens is 2. The Hall–Kier alpha value is -3.90. The number of ether oxygens (including phenoxy) is 2. The zero-order chi connectivity index (χ0) is 28.9. The Morgan fingerprint density at radius 1 is 1.02 bits per heavy atom. The maximum Gasteiger partial charge on any atom is 0.294 e. The van der Waals surface area contributed by atoms with Crippen LogP contribution < -0.4 is 14.8 Å². The van der Waals surface area contributed by atoms with Crippen LogP contribution in [-0.2, 0) is 16.2 Å². The van der Waals surface area contributed by atoms with E-state index in [-0.39, 0.29) is 4.91 Å². The number of fused-ring (bicyclic) bond motifs is 1. The van der Waals surface area contributed by atoms with Crippen LogP contribution in [0.2, 0.25) is 0 Å². The number of imide groups is 1. The number of anilines is 1. The van der Waals surface area contributed by atoms with E-state index >= 15 is 0 Å². The van der Waals surface area contributed by atoms with Crippen molar-refractivity contribution in [2.45, 2.75) is 13.5 Å². The Kier molecular flexibility index (Phi) is 8.89. The van der Waals surface area contributed by atoms with Crippen LogP contribution in [0.5, 0.6) is 11.5 Å². The van der Waals surface area contributed by atoms with E-state index in [1.165, 1.54) is 24.3 Å². The number of hydrogen-bond donors (Lipinski definition) is 1. The summed E-state index contributed by atoms with van der Waals surface area (Å²) in [5, 5.41) is 4.25. The summed E-state index contributed by atoms with van der Waals surface area (Å²) >= 11 is 2.92. The predicted octanol–water partition coefficient (Wildman–Crippen LogP) is 7.24. The topological polar surface area (TPSA) is 84.9 Å². The molecule has 4 aromatic carbocycles. The first-order chi connectivity index (χ1) is 19.8. The Balaban J connectivity index is 1.32. The van der Waals surface area contributed by atoms with Crippen LogP contribution >= 0.6 is 34.4 Å². The molecule has 1 heterocycles. The Morgan fingerprint density at radius 2 is 1.78 bits per heavy atom. The lowest BCUT2D eigenvalue weighted by Crippen LogP contribution is -2.36. The van der Waals surface area contributed by atoms with Gasteiger partial charge in [0.05, 0.1) is 15.1 Å². The molecule has 1 fully saturated rings. The van der Waals surface area contributed by atoms with E-state index < -0.39 is 29.4 Å². The van der Waals surface area contributed by atoms with Crippen molar-refractivity contribution in [1.29, 1.82) is 0 Å². The number of nitrogens with one attached hydrogen (secondary N) is 1. The van der Waals surface area contributed by atoms with E-state index in [0.717, 1.165) is 36.6 Å². The Morgan fingerprint density at radius 3 is 2.56 bits per heavy atom. The molecule has 0 radical (unpaired) electrons. The molecule has 0 atom stereocenters. The Bertz CT molecular complexity index is 1670. The van der Waals surface area contributed by atoms with Crippen molar-refractivity contribution in [2.75, 3.05) is 18.5 Å². The molecule has 1 aliphatic rings. The first kappa shape index (κ1) is 28.6. The molecule has 5 rings (SSSR count). The van der Waals surface area contributed by atoms with E-state index in [9.17, 15) is 18.8 Å². The number of carbonyl (C=O) groups excluding carboxylic acids is 3. The molecule has 7 nitrogen and oxygen atoms in total. The van der Waals surface area contributed by atoms with Gasteiger partial charge in [-0.25, -0.2) is 4.39 Å². The zero-order valence-electron chi connectivity index (χ0n) is 21.9. The molecule has 0 spiro atoms. The van der Waals surface area contributed by atoms with Crippen molar-refractivity contribution in [2.24, 2.45) is 0 Å². The monoisotopic (exact) mass is 682 g/mol. The van der Waals surface area contributed by atoms with Gasteiger partial charge in [-0.05, 0) is 106 Å². The van der Waals surface area contributed by atoms with Gasteiger partial charge in [0.2, 0.25) is 5.91 Å². The van der Waals surface area contributed by atoms with Crippen LogP contribution in [0.3, 0.4) is 0 Å². The molecule has 4 aromatic rings. The van der Waals surface area contributed by atoms with Crippen LogP contribution in [0.1, 0.15) is 18.1 Å². The van der Waals surface area contributed by atoms with Gasteiger partial charge in [-0.2, -0.15) is 0 Å². The maximum absolute atomic E-state index is 13.1. The average molecular weight is 683 g/mol. The van der Waals surface area contributed by atoms with Gasteiger partial charge in [0.15, 0.2) is 11.5 Å². The molecule has 1 saturated heterocycles. The van der Waals surface area contributed by atoms with Crippen molar-refractivity contribution < 1.29 is 28.2 Å². The number of rotatable bonds is 9. The molecule has 1 aliphatic heterocycles. The van der Waals surface area contributed by atoms with Crippen LogP contribution in [0.4, 0.5) is 14.9 Å². The van der Waals surface area contributed by atoms with Crippen molar-refractivity contribution in [3.63, 3.8) is 0 Å². The van der Waals surface area contributed by atoms with Gasteiger partial charge >= 0.3 is 0 Å². The molecule has 0 aliphatic carbocycles. The van der Waals surface area contributed by atoms with E-state index in [0.29, 0.717) is 36.0 Å². The summed E-state index contributed by atoms with van der Waals surface area (Å²) in [6.45, 7) is 2.16. The second kappa shape index (κ2) is 12.7. The summed E-state index contributed by atoms with van der Waals surface area (Å²) in [7, 11) is 0. The van der Waals surface area contributed by atoms with Gasteiger partial charge in [-0.1, -0.05) is 42.5 Å². The van der Waals surface area contributed by atoms with Gasteiger partial charge in [0, 0.05) is 5.69 Å². The molecule has 0 aromatic heterocycles. The van der Waals surface area contributed by atoms with Crippen LogP contribution in [0, 0.1) is 9.39 Å². The van der Waals surface area contributed by atoms with Crippen molar-refractivity contribution in [1.82, 2.24) is 4.90 Å². The summed E-state index contributed by atoms with van der Waals surface area (Å²) < 4.78 is 26.0. The largest absolute Gasteiger partial charge is 0.490 e. The third-order valence-corrected chi connectivity index (χ3v) is 7.89. The summed E-state index contributed by atoms with van der Waals surface area (Å²) in [5.41, 5.74) is 2.05. The standard InChI is InChI=1S/C31H24FIN2O5S/c1-2-39-26-15-19(14-25(33)29(26)40-18-21-8-5-7-20-6-3-4-9-24(20)21)16-27-30(37)35(31(38)41-27)17-28(36)34-23-12-10-22(32)11-13-23/h3-16H,2,17-18H2,1H3,(H,34,36)/b27-16-. The molecular formula is C31H24FIN2O5S. The summed E-state index contributed by atoms with van der Waals surface area (Å²) in [6.07, 6.45) is 1.60. The predicted molar refractivity (Wildman–Crippen MR) is 166 cm³/mol. The fraction of sp³-hybridized carbons (Fsp3) is 0.129. The summed E-state index contributed by atoms with van der Waals surface area (Å²) in [4.78, 5) is 39.1.